The van der Waals surface area contributed by atoms with Crippen molar-refractivity contribution >= 4 is 15.7 Å². The zero-order valence-corrected chi connectivity index (χ0v) is 16.3. The molecule has 8 nitrogen and oxygen atoms in total. The van der Waals surface area contributed by atoms with Gasteiger partial charge in [0.25, 0.3) is 0 Å². The molecule has 0 aliphatic carbocycles. The van der Waals surface area contributed by atoms with Crippen molar-refractivity contribution in [2.45, 2.75) is 32.2 Å². The average Bonchev–Trinajstić information content (AvgIpc) is 3.33. The number of nitrogens with one attached hydrogen (secondary N) is 1. The maximum Gasteiger partial charge on any atom is 0.246 e. The number of benzene rings is 1. The molecule has 3 rings (SSSR count). The first kappa shape index (κ1) is 19.1. The Balaban J connectivity index is 1.77. The predicted molar refractivity (Wildman–Crippen MR) is 101 cm³/mol. The minimum atomic E-state index is -3.53. The van der Waals surface area contributed by atoms with Crippen LogP contribution in [0.15, 0.2) is 50.4 Å². The molecule has 2 aromatic heterocycles. The summed E-state index contributed by atoms with van der Waals surface area (Å²) in [7, 11) is -3.53. The van der Waals surface area contributed by atoms with Gasteiger partial charge in [-0.15, -0.1) is 0 Å². The number of sulfonamides is 1. The maximum atomic E-state index is 12.8. The molecule has 0 unspecified atom stereocenters. The van der Waals surface area contributed by atoms with E-state index in [1.807, 2.05) is 19.9 Å². The van der Waals surface area contributed by atoms with Gasteiger partial charge in [-0.25, -0.2) is 8.42 Å². The van der Waals surface area contributed by atoms with Gasteiger partial charge in [-0.2, -0.15) is 9.29 Å². The van der Waals surface area contributed by atoms with Crippen molar-refractivity contribution in [2.75, 3.05) is 18.4 Å². The summed E-state index contributed by atoms with van der Waals surface area (Å²) in [5, 5.41) is 6.99. The van der Waals surface area contributed by atoms with Crippen molar-refractivity contribution < 1.29 is 17.4 Å². The molecular weight excluding hydrogens is 368 g/mol. The maximum absolute atomic E-state index is 12.8. The van der Waals surface area contributed by atoms with E-state index in [0.717, 1.165) is 0 Å². The number of aromatic nitrogens is 2. The first-order valence-electron chi connectivity index (χ1n) is 8.66. The molecular formula is C18H22N4O4S. The van der Waals surface area contributed by atoms with Gasteiger partial charge >= 0.3 is 0 Å². The van der Waals surface area contributed by atoms with Crippen molar-refractivity contribution in [3.05, 3.63) is 48.0 Å². The Hall–Kier alpha value is -2.65. The second kappa shape index (κ2) is 7.93. The lowest BCUT2D eigenvalue weighted by Crippen LogP contribution is -2.31. The van der Waals surface area contributed by atoms with Crippen LogP contribution in [0.1, 0.15) is 25.3 Å². The zero-order valence-electron chi connectivity index (χ0n) is 15.5. The van der Waals surface area contributed by atoms with Crippen LogP contribution >= 0.6 is 0 Å². The summed E-state index contributed by atoms with van der Waals surface area (Å²) in [6.45, 7) is 6.55. The summed E-state index contributed by atoms with van der Waals surface area (Å²) in [6.07, 6.45) is 1.54. The molecule has 0 saturated heterocycles. The molecule has 1 N–H and O–H groups in total. The lowest BCUT2D eigenvalue weighted by Gasteiger charge is -2.20. The van der Waals surface area contributed by atoms with Crippen LogP contribution < -0.4 is 5.32 Å². The molecule has 0 spiro atoms. The van der Waals surface area contributed by atoms with Crippen LogP contribution in [-0.2, 0) is 16.6 Å². The van der Waals surface area contributed by atoms with Crippen LogP contribution in [0.2, 0.25) is 0 Å². The number of rotatable bonds is 8. The molecule has 27 heavy (non-hydrogen) atoms. The quantitative estimate of drug-likeness (QED) is 0.630. The zero-order chi connectivity index (χ0) is 19.4. The molecule has 0 aliphatic heterocycles. The lowest BCUT2D eigenvalue weighted by atomic mass is 10.2. The highest BCUT2D eigenvalue weighted by Gasteiger charge is 2.23. The van der Waals surface area contributed by atoms with Gasteiger partial charge in [0.2, 0.25) is 21.7 Å². The third-order valence-corrected chi connectivity index (χ3v) is 6.36. The van der Waals surface area contributed by atoms with E-state index in [-0.39, 0.29) is 11.4 Å². The fourth-order valence-electron chi connectivity index (χ4n) is 2.70. The largest absolute Gasteiger partial charge is 0.461 e. The van der Waals surface area contributed by atoms with Crippen molar-refractivity contribution in [1.82, 2.24) is 14.4 Å². The summed E-state index contributed by atoms with van der Waals surface area (Å²) in [5.74, 6) is 1.26. The van der Waals surface area contributed by atoms with Crippen LogP contribution in [0.5, 0.6) is 0 Å². The minimum Gasteiger partial charge on any atom is -0.461 e. The predicted octanol–water partition coefficient (Wildman–Crippen LogP) is 3.28. The van der Waals surface area contributed by atoms with Crippen molar-refractivity contribution in [2.24, 2.45) is 0 Å². The van der Waals surface area contributed by atoms with Gasteiger partial charge in [-0.1, -0.05) is 25.1 Å². The molecule has 0 aliphatic rings. The Morgan fingerprint density at radius 3 is 2.63 bits per heavy atom. The Kier molecular flexibility index (Phi) is 5.62. The van der Waals surface area contributed by atoms with E-state index in [2.05, 4.69) is 15.5 Å². The summed E-state index contributed by atoms with van der Waals surface area (Å²) >= 11 is 0. The highest BCUT2D eigenvalue weighted by molar-refractivity contribution is 7.89. The summed E-state index contributed by atoms with van der Waals surface area (Å²) in [6, 6.07) is 8.72. The van der Waals surface area contributed by atoms with Crippen LogP contribution in [-0.4, -0.2) is 36.0 Å². The van der Waals surface area contributed by atoms with E-state index in [0.29, 0.717) is 41.8 Å². The Morgan fingerprint density at radius 1 is 1.19 bits per heavy atom. The number of anilines is 1. The normalized spacial score (nSPS) is 11.9. The van der Waals surface area contributed by atoms with E-state index in [1.165, 1.54) is 10.6 Å². The summed E-state index contributed by atoms with van der Waals surface area (Å²) in [4.78, 5) is 4.54. The minimum absolute atomic E-state index is 0.265. The highest BCUT2D eigenvalue weighted by atomic mass is 32.2. The Bertz CT molecular complexity index is 992. The number of nitrogens with zero attached hydrogens (tertiary/aromatic N) is 3. The topological polar surface area (TPSA) is 101 Å². The standard InChI is InChI=1S/C18H22N4O4S/c1-4-22(5-2)27(23,24)16-11-14(9-8-13(16)3)19-12-17-20-18(21-26-17)15-7-6-10-25-15/h6-11,19H,4-5,12H2,1-3H3. The molecule has 0 fully saturated rings. The number of aryl methyl sites for hydroxylation is 1. The van der Waals surface area contributed by atoms with E-state index in [1.54, 1.807) is 31.2 Å². The summed E-state index contributed by atoms with van der Waals surface area (Å²) in [5.41, 5.74) is 1.36. The van der Waals surface area contributed by atoms with Crippen LogP contribution in [0.3, 0.4) is 0 Å². The van der Waals surface area contributed by atoms with Gasteiger partial charge in [0.05, 0.1) is 17.7 Å². The van der Waals surface area contributed by atoms with Crippen LogP contribution in [0, 0.1) is 6.92 Å². The van der Waals surface area contributed by atoms with Crippen molar-refractivity contribution in [1.29, 1.82) is 0 Å². The molecule has 0 bridgehead atoms. The Morgan fingerprint density at radius 2 is 1.96 bits per heavy atom. The molecule has 0 saturated carbocycles. The lowest BCUT2D eigenvalue weighted by molar-refractivity contribution is 0.382. The van der Waals surface area contributed by atoms with Crippen LogP contribution in [0.25, 0.3) is 11.6 Å². The molecule has 9 heteroatoms. The van der Waals surface area contributed by atoms with E-state index in [4.69, 9.17) is 8.94 Å². The third kappa shape index (κ3) is 4.04. The SMILES string of the molecule is CCN(CC)S(=O)(=O)c1cc(NCc2nc(-c3ccco3)no2)ccc1C. The first-order chi connectivity index (χ1) is 13.0. The van der Waals surface area contributed by atoms with Gasteiger partial charge in [0, 0.05) is 18.8 Å². The monoisotopic (exact) mass is 390 g/mol. The molecule has 0 amide bonds. The fourth-order valence-corrected chi connectivity index (χ4v) is 4.41. The van der Waals surface area contributed by atoms with Crippen molar-refractivity contribution in [3.63, 3.8) is 0 Å². The fraction of sp³-hybridized carbons (Fsp3) is 0.333. The highest BCUT2D eigenvalue weighted by Crippen LogP contribution is 2.24. The Labute approximate surface area is 158 Å². The third-order valence-electron chi connectivity index (χ3n) is 4.16. The first-order valence-corrected chi connectivity index (χ1v) is 10.1. The molecule has 0 atom stereocenters. The smallest absolute Gasteiger partial charge is 0.246 e. The van der Waals surface area contributed by atoms with E-state index in [9.17, 15) is 8.42 Å². The van der Waals surface area contributed by atoms with Gasteiger partial charge < -0.3 is 14.3 Å². The number of hydrogen-bond acceptors (Lipinski definition) is 7. The molecule has 144 valence electrons. The van der Waals surface area contributed by atoms with Gasteiger partial charge in [0.1, 0.15) is 0 Å². The molecule has 2 heterocycles. The number of hydrogen-bond donors (Lipinski definition) is 1. The van der Waals surface area contributed by atoms with Gasteiger partial charge in [-0.3, -0.25) is 0 Å². The van der Waals surface area contributed by atoms with Crippen LogP contribution in [0.4, 0.5) is 5.69 Å². The van der Waals surface area contributed by atoms with E-state index < -0.39 is 10.0 Å². The molecule has 3 aromatic rings. The second-order valence-electron chi connectivity index (χ2n) is 5.91. The summed E-state index contributed by atoms with van der Waals surface area (Å²) < 4.78 is 37.5. The van der Waals surface area contributed by atoms with Gasteiger partial charge in [-0.05, 0) is 36.8 Å². The average molecular weight is 390 g/mol. The molecule has 0 radical (unpaired) electrons. The van der Waals surface area contributed by atoms with Crippen molar-refractivity contribution in [3.8, 4) is 11.6 Å². The number of furan rings is 1. The van der Waals surface area contributed by atoms with Gasteiger partial charge in [0.15, 0.2) is 5.76 Å². The van der Waals surface area contributed by atoms with E-state index >= 15 is 0 Å². The second-order valence-corrected chi connectivity index (χ2v) is 7.82. The molecule has 1 aromatic carbocycles.